The number of methoxy groups -OCH3 is 1. The molecule has 2 rings (SSSR count). The highest BCUT2D eigenvalue weighted by Crippen LogP contribution is 2.31. The second kappa shape index (κ2) is 5.60. The number of esters is 1. The molecule has 0 aromatic rings. The SMILES string of the molecule is COC(=O)C1CC2CNCC(C1)N2C(=O)OC(C)(C)C. The van der Waals surface area contributed by atoms with E-state index in [1.807, 2.05) is 20.8 Å². The summed E-state index contributed by atoms with van der Waals surface area (Å²) >= 11 is 0. The number of piperidine rings is 1. The Morgan fingerprint density at radius 3 is 2.15 bits per heavy atom. The molecule has 20 heavy (non-hydrogen) atoms. The number of piperazine rings is 1. The van der Waals surface area contributed by atoms with Crippen LogP contribution in [0.3, 0.4) is 0 Å². The van der Waals surface area contributed by atoms with Gasteiger partial charge in [-0.15, -0.1) is 0 Å². The minimum absolute atomic E-state index is 0.00134. The fourth-order valence-corrected chi connectivity index (χ4v) is 3.03. The van der Waals surface area contributed by atoms with Crippen LogP contribution in [0.1, 0.15) is 33.6 Å². The lowest BCUT2D eigenvalue weighted by Gasteiger charge is -2.48. The Morgan fingerprint density at radius 1 is 1.15 bits per heavy atom. The van der Waals surface area contributed by atoms with Gasteiger partial charge in [0.2, 0.25) is 0 Å². The van der Waals surface area contributed by atoms with E-state index in [-0.39, 0.29) is 30.1 Å². The Bertz CT molecular complexity index is 377. The zero-order chi connectivity index (χ0) is 14.9. The van der Waals surface area contributed by atoms with Gasteiger partial charge in [-0.25, -0.2) is 4.79 Å². The van der Waals surface area contributed by atoms with Crippen molar-refractivity contribution >= 4 is 12.1 Å². The van der Waals surface area contributed by atoms with Gasteiger partial charge in [0.15, 0.2) is 0 Å². The lowest BCUT2D eigenvalue weighted by atomic mass is 9.84. The first kappa shape index (κ1) is 15.1. The quantitative estimate of drug-likeness (QED) is 0.732. The van der Waals surface area contributed by atoms with Crippen LogP contribution in [-0.2, 0) is 14.3 Å². The van der Waals surface area contributed by atoms with E-state index in [2.05, 4.69) is 5.32 Å². The lowest BCUT2D eigenvalue weighted by molar-refractivity contribution is -0.149. The molecule has 2 aliphatic heterocycles. The average Bonchev–Trinajstić information content (AvgIpc) is 2.34. The number of carbonyl (C=O) groups is 2. The highest BCUT2D eigenvalue weighted by atomic mass is 16.6. The Balaban J connectivity index is 2.09. The molecule has 0 spiro atoms. The van der Waals surface area contributed by atoms with Gasteiger partial charge in [0.05, 0.1) is 13.0 Å². The summed E-state index contributed by atoms with van der Waals surface area (Å²) in [5.41, 5.74) is -0.502. The number of nitrogens with one attached hydrogen (secondary N) is 1. The molecule has 6 nitrogen and oxygen atoms in total. The molecule has 2 fully saturated rings. The van der Waals surface area contributed by atoms with E-state index >= 15 is 0 Å². The maximum atomic E-state index is 12.3. The van der Waals surface area contributed by atoms with Crippen molar-refractivity contribution in [3.8, 4) is 0 Å². The van der Waals surface area contributed by atoms with E-state index in [1.54, 1.807) is 4.90 Å². The summed E-state index contributed by atoms with van der Waals surface area (Å²) in [6.07, 6.45) is 0.988. The molecule has 0 saturated carbocycles. The first-order chi connectivity index (χ1) is 9.31. The average molecular weight is 284 g/mol. The second-order valence-electron chi connectivity index (χ2n) is 6.54. The summed E-state index contributed by atoms with van der Waals surface area (Å²) in [6.45, 7) is 6.98. The minimum Gasteiger partial charge on any atom is -0.469 e. The van der Waals surface area contributed by atoms with Crippen molar-refractivity contribution in [1.82, 2.24) is 10.2 Å². The van der Waals surface area contributed by atoms with Gasteiger partial charge in [-0.05, 0) is 33.6 Å². The molecule has 2 atom stereocenters. The monoisotopic (exact) mass is 284 g/mol. The number of rotatable bonds is 1. The lowest BCUT2D eigenvalue weighted by Crippen LogP contribution is -2.64. The molecule has 1 amide bonds. The molecule has 1 N–H and O–H groups in total. The number of ether oxygens (including phenoxy) is 2. The standard InChI is InChI=1S/C14H24N2O4/c1-14(2,3)20-13(18)16-10-5-9(12(17)19-4)6-11(16)8-15-7-10/h9-11,15H,5-8H2,1-4H3. The van der Waals surface area contributed by atoms with Crippen LogP contribution in [0.5, 0.6) is 0 Å². The number of amides is 1. The molecule has 2 bridgehead atoms. The van der Waals surface area contributed by atoms with E-state index in [4.69, 9.17) is 9.47 Å². The van der Waals surface area contributed by atoms with Gasteiger partial charge in [0.1, 0.15) is 5.60 Å². The molecule has 0 aliphatic carbocycles. The Hall–Kier alpha value is -1.30. The van der Waals surface area contributed by atoms with E-state index in [0.29, 0.717) is 25.9 Å². The van der Waals surface area contributed by atoms with Gasteiger partial charge >= 0.3 is 12.1 Å². The van der Waals surface area contributed by atoms with Gasteiger partial charge in [0, 0.05) is 25.2 Å². The summed E-state index contributed by atoms with van der Waals surface area (Å²) in [5.74, 6) is -0.290. The van der Waals surface area contributed by atoms with Crippen molar-refractivity contribution in [1.29, 1.82) is 0 Å². The number of hydrogen-bond acceptors (Lipinski definition) is 5. The van der Waals surface area contributed by atoms with Crippen LogP contribution < -0.4 is 5.32 Å². The van der Waals surface area contributed by atoms with Gasteiger partial charge in [0.25, 0.3) is 0 Å². The molecule has 2 saturated heterocycles. The third-order valence-corrected chi connectivity index (χ3v) is 3.80. The van der Waals surface area contributed by atoms with Crippen LogP contribution in [0.25, 0.3) is 0 Å². The third-order valence-electron chi connectivity index (χ3n) is 3.80. The smallest absolute Gasteiger partial charge is 0.410 e. The van der Waals surface area contributed by atoms with Crippen LogP contribution in [0.15, 0.2) is 0 Å². The van der Waals surface area contributed by atoms with Crippen molar-refractivity contribution in [2.45, 2.75) is 51.3 Å². The van der Waals surface area contributed by atoms with E-state index in [1.165, 1.54) is 7.11 Å². The van der Waals surface area contributed by atoms with Crippen molar-refractivity contribution in [2.75, 3.05) is 20.2 Å². The van der Waals surface area contributed by atoms with Crippen LogP contribution >= 0.6 is 0 Å². The van der Waals surface area contributed by atoms with Crippen molar-refractivity contribution in [3.63, 3.8) is 0 Å². The predicted molar refractivity (Wildman–Crippen MR) is 73.3 cm³/mol. The third kappa shape index (κ3) is 3.23. The van der Waals surface area contributed by atoms with Crippen LogP contribution in [-0.4, -0.2) is 54.8 Å². The van der Waals surface area contributed by atoms with Gasteiger partial charge in [-0.1, -0.05) is 0 Å². The number of carbonyl (C=O) groups excluding carboxylic acids is 2. The first-order valence-corrected chi connectivity index (χ1v) is 7.11. The van der Waals surface area contributed by atoms with E-state index < -0.39 is 5.60 Å². The fourth-order valence-electron chi connectivity index (χ4n) is 3.03. The molecule has 114 valence electrons. The van der Waals surface area contributed by atoms with Crippen LogP contribution in [0, 0.1) is 5.92 Å². The summed E-state index contributed by atoms with van der Waals surface area (Å²) in [4.78, 5) is 25.9. The Morgan fingerprint density at radius 2 is 1.70 bits per heavy atom. The highest BCUT2D eigenvalue weighted by molar-refractivity contribution is 5.74. The van der Waals surface area contributed by atoms with E-state index in [0.717, 1.165) is 0 Å². The van der Waals surface area contributed by atoms with Gasteiger partial charge in [-0.2, -0.15) is 0 Å². The van der Waals surface area contributed by atoms with Gasteiger partial charge in [-0.3, -0.25) is 9.69 Å². The normalized spacial score (nSPS) is 29.8. The summed E-state index contributed by atoms with van der Waals surface area (Å²) < 4.78 is 10.3. The molecule has 0 aromatic heterocycles. The summed E-state index contributed by atoms with van der Waals surface area (Å²) in [5, 5.41) is 3.31. The largest absolute Gasteiger partial charge is 0.469 e. The summed E-state index contributed by atoms with van der Waals surface area (Å²) in [6, 6.07) is 0.00269. The predicted octanol–water partition coefficient (Wildman–Crippen LogP) is 1.15. The Labute approximate surface area is 119 Å². The molecule has 2 heterocycles. The zero-order valence-electron chi connectivity index (χ0n) is 12.6. The molecule has 2 aliphatic rings. The highest BCUT2D eigenvalue weighted by Gasteiger charge is 2.44. The molecule has 2 unspecified atom stereocenters. The number of nitrogens with zero attached hydrogens (tertiary/aromatic N) is 1. The minimum atomic E-state index is -0.502. The zero-order valence-corrected chi connectivity index (χ0v) is 12.6. The maximum Gasteiger partial charge on any atom is 0.410 e. The van der Waals surface area contributed by atoms with Crippen LogP contribution in [0.2, 0.25) is 0 Å². The maximum absolute atomic E-state index is 12.3. The number of fused-ring (bicyclic) bond motifs is 2. The fraction of sp³-hybridized carbons (Fsp3) is 0.857. The molecular weight excluding hydrogens is 260 g/mol. The Kier molecular flexibility index (Phi) is 4.22. The molecule has 6 heteroatoms. The van der Waals surface area contributed by atoms with Crippen LogP contribution in [0.4, 0.5) is 4.79 Å². The molecular formula is C14H24N2O4. The topological polar surface area (TPSA) is 67.9 Å². The molecule has 0 radical (unpaired) electrons. The molecule has 0 aromatic carbocycles. The van der Waals surface area contributed by atoms with Crippen molar-refractivity contribution in [3.05, 3.63) is 0 Å². The van der Waals surface area contributed by atoms with Crippen molar-refractivity contribution < 1.29 is 19.1 Å². The first-order valence-electron chi connectivity index (χ1n) is 7.11. The van der Waals surface area contributed by atoms with Crippen molar-refractivity contribution in [2.24, 2.45) is 5.92 Å². The van der Waals surface area contributed by atoms with Gasteiger partial charge < -0.3 is 14.8 Å². The number of hydrogen-bond donors (Lipinski definition) is 1. The van der Waals surface area contributed by atoms with E-state index in [9.17, 15) is 9.59 Å². The summed E-state index contributed by atoms with van der Waals surface area (Å²) in [7, 11) is 1.41. The second-order valence-corrected chi connectivity index (χ2v) is 6.54.